The van der Waals surface area contributed by atoms with Crippen LogP contribution in [0, 0.1) is 0 Å². The number of nitrogens with two attached hydrogens (primary N) is 1. The van der Waals surface area contributed by atoms with E-state index in [0.29, 0.717) is 33.1 Å². The first kappa shape index (κ1) is 22.5. The van der Waals surface area contributed by atoms with Crippen molar-refractivity contribution in [3.63, 3.8) is 0 Å². The van der Waals surface area contributed by atoms with Gasteiger partial charge in [0.25, 0.3) is 11.8 Å². The molecule has 8 nitrogen and oxygen atoms in total. The first-order valence-electron chi connectivity index (χ1n) is 10.2. The molecule has 9 heteroatoms. The molecule has 2 heterocycles. The molecule has 0 unspecified atom stereocenters. The van der Waals surface area contributed by atoms with Crippen LogP contribution in [0.15, 0.2) is 64.6 Å². The first-order valence-corrected chi connectivity index (χ1v) is 11.0. The smallest absolute Gasteiger partial charge is 0.286 e. The minimum Gasteiger partial charge on any atom is -0.495 e. The van der Waals surface area contributed by atoms with Crippen LogP contribution in [-0.2, 0) is 11.2 Å². The molecule has 33 heavy (non-hydrogen) atoms. The van der Waals surface area contributed by atoms with Crippen LogP contribution in [0.1, 0.15) is 21.5 Å². The number of aliphatic hydroxyl groups excluding tert-OH is 1. The number of amidine groups is 1. The maximum atomic E-state index is 12.5. The van der Waals surface area contributed by atoms with Gasteiger partial charge in [0.1, 0.15) is 11.3 Å². The molecule has 168 valence electrons. The zero-order valence-corrected chi connectivity index (χ0v) is 18.6. The summed E-state index contributed by atoms with van der Waals surface area (Å²) in [5, 5.41) is 14.0. The molecule has 0 fully saturated rings. The summed E-state index contributed by atoms with van der Waals surface area (Å²) in [7, 11) is 1.46. The summed E-state index contributed by atoms with van der Waals surface area (Å²) in [6.07, 6.45) is 3.70. The van der Waals surface area contributed by atoms with Gasteiger partial charge >= 0.3 is 0 Å². The molecule has 4 rings (SSSR count). The summed E-state index contributed by atoms with van der Waals surface area (Å²) in [5.41, 5.74) is 8.04. The van der Waals surface area contributed by atoms with Gasteiger partial charge in [-0.05, 0) is 47.5 Å². The third-order valence-electron chi connectivity index (χ3n) is 5.10. The van der Waals surface area contributed by atoms with E-state index in [-0.39, 0.29) is 24.1 Å². The maximum absolute atomic E-state index is 12.5. The number of fused-ring (bicyclic) bond motifs is 1. The van der Waals surface area contributed by atoms with E-state index in [0.717, 1.165) is 11.1 Å². The molecule has 3 aromatic rings. The van der Waals surface area contributed by atoms with Gasteiger partial charge < -0.3 is 20.9 Å². The van der Waals surface area contributed by atoms with Crippen molar-refractivity contribution in [2.24, 2.45) is 10.7 Å². The number of aromatic nitrogens is 1. The molecule has 0 aliphatic carbocycles. The Hall–Kier alpha value is -3.69. The van der Waals surface area contributed by atoms with Gasteiger partial charge in [0, 0.05) is 11.6 Å². The Balaban J connectivity index is 1.54. The van der Waals surface area contributed by atoms with Crippen LogP contribution in [0.2, 0.25) is 0 Å². The third kappa shape index (κ3) is 5.05. The first-order chi connectivity index (χ1) is 16.0. The second-order valence-corrected chi connectivity index (χ2v) is 8.42. The van der Waals surface area contributed by atoms with Crippen molar-refractivity contribution in [3.8, 4) is 5.75 Å². The topological polar surface area (TPSA) is 127 Å². The Kier molecular flexibility index (Phi) is 6.71. The van der Waals surface area contributed by atoms with Crippen LogP contribution in [0.25, 0.3) is 17.0 Å². The number of thioether (sulfide) groups is 1. The van der Waals surface area contributed by atoms with Crippen molar-refractivity contribution >= 4 is 45.7 Å². The van der Waals surface area contributed by atoms with Crippen molar-refractivity contribution in [1.29, 1.82) is 0 Å². The van der Waals surface area contributed by atoms with E-state index in [2.05, 4.69) is 15.3 Å². The second-order valence-electron chi connectivity index (χ2n) is 7.39. The van der Waals surface area contributed by atoms with Crippen molar-refractivity contribution in [2.45, 2.75) is 12.5 Å². The highest BCUT2D eigenvalue weighted by atomic mass is 32.2. The van der Waals surface area contributed by atoms with E-state index < -0.39 is 5.91 Å². The Bertz CT molecular complexity index is 1270. The SMILES string of the molecule is COc1c(C(N)=O)cnc2ccc(/C=C3\SC(N[C@@H](CO)Cc4ccccc4)=NC3=O)cc12. The fourth-order valence-corrected chi connectivity index (χ4v) is 4.42. The third-order valence-corrected chi connectivity index (χ3v) is 6.02. The van der Waals surface area contributed by atoms with Crippen LogP contribution >= 0.6 is 11.8 Å². The lowest BCUT2D eigenvalue weighted by Crippen LogP contribution is -2.37. The maximum Gasteiger partial charge on any atom is 0.286 e. The number of carbonyl (C=O) groups is 2. The summed E-state index contributed by atoms with van der Waals surface area (Å²) < 4.78 is 5.40. The highest BCUT2D eigenvalue weighted by Crippen LogP contribution is 2.32. The van der Waals surface area contributed by atoms with Gasteiger partial charge in [-0.3, -0.25) is 14.6 Å². The van der Waals surface area contributed by atoms with Gasteiger partial charge in [-0.15, -0.1) is 0 Å². The number of amides is 2. The average Bonchev–Trinajstić information content (AvgIpc) is 3.16. The van der Waals surface area contributed by atoms with Gasteiger partial charge in [0.2, 0.25) is 0 Å². The zero-order chi connectivity index (χ0) is 23.4. The van der Waals surface area contributed by atoms with Crippen molar-refractivity contribution in [1.82, 2.24) is 10.3 Å². The number of ether oxygens (including phenoxy) is 1. The molecule has 1 atom stereocenters. The van der Waals surface area contributed by atoms with E-state index in [1.165, 1.54) is 25.1 Å². The quantitative estimate of drug-likeness (QED) is 0.461. The Labute approximate surface area is 194 Å². The number of aliphatic imine (C=N–C) groups is 1. The Morgan fingerprint density at radius 1 is 1.27 bits per heavy atom. The number of methoxy groups -OCH3 is 1. The number of nitrogens with zero attached hydrogens (tertiary/aromatic N) is 2. The zero-order valence-electron chi connectivity index (χ0n) is 17.8. The van der Waals surface area contributed by atoms with Gasteiger partial charge in [-0.1, -0.05) is 36.4 Å². The highest BCUT2D eigenvalue weighted by molar-refractivity contribution is 8.18. The van der Waals surface area contributed by atoms with Crippen LogP contribution < -0.4 is 15.8 Å². The fourth-order valence-electron chi connectivity index (χ4n) is 3.53. The molecule has 1 aliphatic rings. The van der Waals surface area contributed by atoms with Gasteiger partial charge in [-0.25, -0.2) is 0 Å². The fraction of sp³-hybridized carbons (Fsp3) is 0.167. The molecule has 1 aliphatic heterocycles. The summed E-state index contributed by atoms with van der Waals surface area (Å²) in [5.74, 6) is -0.664. The normalized spacial score (nSPS) is 15.5. The molecular weight excluding hydrogens is 440 g/mol. The van der Waals surface area contributed by atoms with Gasteiger partial charge in [0.05, 0.1) is 30.2 Å². The van der Waals surface area contributed by atoms with Crippen LogP contribution in [-0.4, -0.2) is 46.8 Å². The number of carbonyl (C=O) groups excluding carboxylic acids is 2. The van der Waals surface area contributed by atoms with Gasteiger partial charge in [-0.2, -0.15) is 4.99 Å². The summed E-state index contributed by atoms with van der Waals surface area (Å²) >= 11 is 1.21. The van der Waals surface area contributed by atoms with Gasteiger partial charge in [0.15, 0.2) is 5.17 Å². The van der Waals surface area contributed by atoms with Crippen molar-refractivity contribution < 1.29 is 19.4 Å². The van der Waals surface area contributed by atoms with Crippen LogP contribution in [0.4, 0.5) is 0 Å². The van der Waals surface area contributed by atoms with E-state index >= 15 is 0 Å². The number of pyridine rings is 1. The predicted molar refractivity (Wildman–Crippen MR) is 129 cm³/mol. The Morgan fingerprint density at radius 3 is 2.76 bits per heavy atom. The minimum absolute atomic E-state index is 0.0959. The van der Waals surface area contributed by atoms with Crippen LogP contribution in [0.5, 0.6) is 5.75 Å². The van der Waals surface area contributed by atoms with Crippen LogP contribution in [0.3, 0.4) is 0 Å². The number of benzene rings is 2. The van der Waals surface area contributed by atoms with E-state index in [1.54, 1.807) is 18.2 Å². The molecule has 0 radical (unpaired) electrons. The molecule has 2 amide bonds. The number of rotatable bonds is 7. The van der Waals surface area contributed by atoms with E-state index in [1.807, 2.05) is 36.4 Å². The van der Waals surface area contributed by atoms with Crippen molar-refractivity contribution in [3.05, 3.63) is 76.3 Å². The minimum atomic E-state index is -0.635. The Morgan fingerprint density at radius 2 is 2.06 bits per heavy atom. The second kappa shape index (κ2) is 9.85. The lowest BCUT2D eigenvalue weighted by atomic mass is 10.1. The summed E-state index contributed by atoms with van der Waals surface area (Å²) in [6, 6.07) is 14.9. The highest BCUT2D eigenvalue weighted by Gasteiger charge is 2.24. The molecular formula is C24H22N4O4S. The largest absolute Gasteiger partial charge is 0.495 e. The molecule has 1 aromatic heterocycles. The molecule has 0 bridgehead atoms. The van der Waals surface area contributed by atoms with Crippen molar-refractivity contribution in [2.75, 3.05) is 13.7 Å². The van der Waals surface area contributed by atoms with E-state index in [4.69, 9.17) is 10.5 Å². The number of hydrogen-bond acceptors (Lipinski definition) is 7. The standard InChI is InChI=1S/C24H22N4O4S/c1-32-21-17-10-15(7-8-19(17)26-12-18(21)22(25)30)11-20-23(31)28-24(33-20)27-16(13-29)9-14-5-3-2-4-6-14/h2-8,10-12,16,29H,9,13H2,1H3,(H2,25,30)(H,27,28,31)/b20-11-/t16-/m1/s1. The monoisotopic (exact) mass is 462 g/mol. The number of aliphatic hydroxyl groups is 1. The predicted octanol–water partition coefficient (Wildman–Crippen LogP) is 2.51. The van der Waals surface area contributed by atoms with E-state index in [9.17, 15) is 14.7 Å². The molecule has 2 aromatic carbocycles. The number of primary amides is 1. The lowest BCUT2D eigenvalue weighted by Gasteiger charge is -2.16. The summed E-state index contributed by atoms with van der Waals surface area (Å²) in [6.45, 7) is -0.0959. The molecule has 0 saturated heterocycles. The molecule has 0 spiro atoms. The summed E-state index contributed by atoms with van der Waals surface area (Å²) in [4.78, 5) is 32.9. The number of nitrogens with one attached hydrogen (secondary N) is 1. The molecule has 4 N–H and O–H groups in total. The molecule has 0 saturated carbocycles. The lowest BCUT2D eigenvalue weighted by molar-refractivity contribution is -0.113. The number of hydrogen-bond donors (Lipinski definition) is 3. The average molecular weight is 463 g/mol.